The van der Waals surface area contributed by atoms with Gasteiger partial charge in [0.2, 0.25) is 0 Å². The lowest BCUT2D eigenvalue weighted by Crippen LogP contribution is -2.06. The topological polar surface area (TPSA) is 132 Å². The molecule has 0 atom stereocenters. The molecule has 0 radical (unpaired) electrons. The van der Waals surface area contributed by atoms with Gasteiger partial charge in [0.1, 0.15) is 0 Å². The minimum atomic E-state index is -1.01. The average molecular weight is 599 g/mol. The lowest BCUT2D eigenvalue weighted by Gasteiger charge is -2.05. The number of carboxylic acids is 1. The second-order valence-corrected chi connectivity index (χ2v) is 9.10. The number of rotatable bonds is 4. The van der Waals surface area contributed by atoms with Crippen molar-refractivity contribution in [1.29, 1.82) is 0 Å². The van der Waals surface area contributed by atoms with Crippen molar-refractivity contribution in [3.05, 3.63) is 123 Å². The van der Waals surface area contributed by atoms with E-state index in [9.17, 15) is 9.59 Å². The first-order valence-corrected chi connectivity index (χ1v) is 12.0. The maximum Gasteiger partial charge on any atom is 0.337 e. The van der Waals surface area contributed by atoms with Gasteiger partial charge in [-0.3, -0.25) is 4.79 Å². The highest BCUT2D eigenvalue weighted by atomic mass is 79.9. The highest BCUT2D eigenvalue weighted by Crippen LogP contribution is 2.20. The molecule has 8 heteroatoms. The molecule has 0 fully saturated rings. The maximum atomic E-state index is 12.1. The minimum Gasteiger partial charge on any atom is -0.478 e. The van der Waals surface area contributed by atoms with E-state index in [-0.39, 0.29) is 17.0 Å². The van der Waals surface area contributed by atoms with E-state index in [0.717, 1.165) is 15.7 Å². The normalized spacial score (nSPS) is 9.66. The van der Waals surface area contributed by atoms with Gasteiger partial charge >= 0.3 is 5.97 Å². The molecule has 0 saturated heterocycles. The van der Waals surface area contributed by atoms with Crippen LogP contribution in [0.15, 0.2) is 106 Å². The van der Waals surface area contributed by atoms with E-state index in [2.05, 4.69) is 31.9 Å². The second-order valence-electron chi connectivity index (χ2n) is 7.26. The molecule has 0 heterocycles. The quantitative estimate of drug-likeness (QED) is 0.157. The Balaban J connectivity index is 0.000000205. The molecule has 0 saturated carbocycles. The number of nitrogens with two attached hydrogens (primary N) is 3. The van der Waals surface area contributed by atoms with E-state index in [1.807, 2.05) is 66.7 Å². The average Bonchev–Trinajstić information content (AvgIpc) is 2.84. The van der Waals surface area contributed by atoms with Gasteiger partial charge < -0.3 is 22.3 Å². The Labute approximate surface area is 221 Å². The first-order chi connectivity index (χ1) is 16.7. The van der Waals surface area contributed by atoms with Crippen molar-refractivity contribution in [2.75, 3.05) is 17.2 Å². The number of aromatic carboxylic acids is 1. The predicted octanol–water partition coefficient (Wildman–Crippen LogP) is 6.46. The van der Waals surface area contributed by atoms with E-state index < -0.39 is 5.97 Å². The zero-order chi connectivity index (χ0) is 25.8. The fourth-order valence-corrected chi connectivity index (χ4v) is 3.54. The van der Waals surface area contributed by atoms with Gasteiger partial charge in [0.15, 0.2) is 5.78 Å². The van der Waals surface area contributed by atoms with Crippen LogP contribution in [0, 0.1) is 0 Å². The van der Waals surface area contributed by atoms with Gasteiger partial charge in [-0.1, -0.05) is 80.4 Å². The largest absolute Gasteiger partial charge is 0.478 e. The minimum absolute atomic E-state index is 0.0370. The van der Waals surface area contributed by atoms with Crippen molar-refractivity contribution in [1.82, 2.24) is 0 Å². The molecule has 4 rings (SSSR count). The number of nitrogen functional groups attached to an aromatic ring is 3. The van der Waals surface area contributed by atoms with Crippen LogP contribution in [0.4, 0.5) is 17.1 Å². The standard InChI is InChI=1S/C14H12BrNO.C7H6BrNO2.C6H7N/c15-11-6-7-13(16)12(9-11)14(17)8-10-4-2-1-3-5-10;8-4-1-2-6(9)5(3-4)7(10)11;7-6-4-2-1-3-5-6/h1-7,9H,8,16H2;1-3H,9H2,(H,10,11);1-5H,7H2. The number of carbonyl (C=O) groups excluding carboxylic acids is 1. The summed E-state index contributed by atoms with van der Waals surface area (Å²) >= 11 is 6.49. The summed E-state index contributed by atoms with van der Waals surface area (Å²) in [5, 5.41) is 8.59. The molecule has 6 nitrogen and oxygen atoms in total. The van der Waals surface area contributed by atoms with Crippen LogP contribution >= 0.6 is 31.9 Å². The highest BCUT2D eigenvalue weighted by molar-refractivity contribution is 9.10. The van der Waals surface area contributed by atoms with Gasteiger partial charge in [-0.2, -0.15) is 0 Å². The SMILES string of the molecule is Nc1ccc(Br)cc1C(=O)Cc1ccccc1.Nc1ccc(Br)cc1C(=O)O.Nc1ccccc1. The fraction of sp³-hybridized carbons (Fsp3) is 0.0370. The summed E-state index contributed by atoms with van der Waals surface area (Å²) < 4.78 is 1.58. The van der Waals surface area contributed by atoms with Crippen molar-refractivity contribution in [3.8, 4) is 0 Å². The monoisotopic (exact) mass is 597 g/mol. The van der Waals surface area contributed by atoms with Crippen molar-refractivity contribution in [2.45, 2.75) is 6.42 Å². The molecule has 180 valence electrons. The van der Waals surface area contributed by atoms with Crippen LogP contribution in [0.3, 0.4) is 0 Å². The first-order valence-electron chi connectivity index (χ1n) is 10.4. The number of hydrogen-bond acceptors (Lipinski definition) is 5. The molecular formula is C27H25Br2N3O3. The summed E-state index contributed by atoms with van der Waals surface area (Å²) in [7, 11) is 0. The Morgan fingerprint density at radius 2 is 1.11 bits per heavy atom. The van der Waals surface area contributed by atoms with Crippen molar-refractivity contribution < 1.29 is 14.7 Å². The molecule has 0 spiro atoms. The first kappa shape index (κ1) is 27.6. The van der Waals surface area contributed by atoms with Gasteiger partial charge in [0.05, 0.1) is 5.56 Å². The number of hydrogen-bond donors (Lipinski definition) is 4. The molecular weight excluding hydrogens is 574 g/mol. The molecule has 4 aromatic carbocycles. The number of para-hydroxylation sites is 1. The number of halogens is 2. The molecule has 4 aromatic rings. The third kappa shape index (κ3) is 9.64. The molecule has 0 aliphatic rings. The van der Waals surface area contributed by atoms with E-state index in [1.54, 1.807) is 24.3 Å². The van der Waals surface area contributed by atoms with Crippen LogP contribution in [0.2, 0.25) is 0 Å². The van der Waals surface area contributed by atoms with Gasteiger partial charge in [0, 0.05) is 38.0 Å². The zero-order valence-electron chi connectivity index (χ0n) is 18.7. The van der Waals surface area contributed by atoms with Gasteiger partial charge in [-0.05, 0) is 54.1 Å². The van der Waals surface area contributed by atoms with E-state index in [1.165, 1.54) is 6.07 Å². The third-order valence-corrected chi connectivity index (χ3v) is 5.56. The molecule has 7 N–H and O–H groups in total. The number of Topliss-reactive ketones (excluding diaryl/α,β-unsaturated/α-hetero) is 1. The molecule has 0 aromatic heterocycles. The van der Waals surface area contributed by atoms with Crippen molar-refractivity contribution in [2.24, 2.45) is 0 Å². The summed E-state index contributed by atoms with van der Waals surface area (Å²) in [4.78, 5) is 22.6. The molecule has 0 bridgehead atoms. The number of carbonyl (C=O) groups is 2. The molecule has 0 aliphatic carbocycles. The summed E-state index contributed by atoms with van der Waals surface area (Å²) in [5.74, 6) is -0.973. The highest BCUT2D eigenvalue weighted by Gasteiger charge is 2.11. The predicted molar refractivity (Wildman–Crippen MR) is 149 cm³/mol. The molecule has 35 heavy (non-hydrogen) atoms. The Morgan fingerprint density at radius 1 is 0.657 bits per heavy atom. The smallest absolute Gasteiger partial charge is 0.337 e. The number of carboxylic acid groups (broad SMARTS) is 1. The lowest BCUT2D eigenvalue weighted by atomic mass is 10.0. The van der Waals surface area contributed by atoms with E-state index >= 15 is 0 Å². The zero-order valence-corrected chi connectivity index (χ0v) is 21.9. The summed E-state index contributed by atoms with van der Waals surface area (Å²) in [6.45, 7) is 0. The summed E-state index contributed by atoms with van der Waals surface area (Å²) in [6, 6.07) is 29.2. The van der Waals surface area contributed by atoms with Gasteiger partial charge in [0.25, 0.3) is 0 Å². The van der Waals surface area contributed by atoms with Crippen molar-refractivity contribution in [3.63, 3.8) is 0 Å². The fourth-order valence-electron chi connectivity index (χ4n) is 2.81. The number of anilines is 3. The van der Waals surface area contributed by atoms with E-state index in [4.69, 9.17) is 22.3 Å². The summed E-state index contributed by atoms with van der Waals surface area (Å²) in [5.41, 5.74) is 19.9. The summed E-state index contributed by atoms with van der Waals surface area (Å²) in [6.07, 6.45) is 0.376. The van der Waals surface area contributed by atoms with Crippen LogP contribution in [0.25, 0.3) is 0 Å². The molecule has 0 amide bonds. The Bertz CT molecular complexity index is 1270. The number of benzene rings is 4. The second kappa shape index (κ2) is 13.9. The van der Waals surface area contributed by atoms with Crippen LogP contribution in [-0.4, -0.2) is 16.9 Å². The van der Waals surface area contributed by atoms with E-state index in [0.29, 0.717) is 22.1 Å². The van der Waals surface area contributed by atoms with Crippen LogP contribution in [-0.2, 0) is 6.42 Å². The van der Waals surface area contributed by atoms with Crippen molar-refractivity contribution >= 4 is 60.7 Å². The van der Waals surface area contributed by atoms with Crippen LogP contribution < -0.4 is 17.2 Å². The molecule has 0 unspecified atom stereocenters. The van der Waals surface area contributed by atoms with Gasteiger partial charge in [-0.25, -0.2) is 4.79 Å². The Hall–Kier alpha value is -3.62. The van der Waals surface area contributed by atoms with Gasteiger partial charge in [-0.15, -0.1) is 0 Å². The number of ketones is 1. The Kier molecular flexibility index (Phi) is 11.0. The maximum absolute atomic E-state index is 12.1. The lowest BCUT2D eigenvalue weighted by molar-refractivity contribution is 0.0697. The Morgan fingerprint density at radius 3 is 1.54 bits per heavy atom. The molecule has 0 aliphatic heterocycles. The van der Waals surface area contributed by atoms with Crippen LogP contribution in [0.1, 0.15) is 26.3 Å². The van der Waals surface area contributed by atoms with Crippen LogP contribution in [0.5, 0.6) is 0 Å². The third-order valence-electron chi connectivity index (χ3n) is 4.57.